The number of carbonyl (C=O) groups is 2. The molecule has 2 rings (SSSR count). The first-order chi connectivity index (χ1) is 12.4. The third kappa shape index (κ3) is 3.32. The molecule has 2 aromatic rings. The molecule has 0 bridgehead atoms. The van der Waals surface area contributed by atoms with Gasteiger partial charge >= 0.3 is 11.9 Å². The number of carboxylic acid groups (broad SMARTS) is 1. The Hall–Kier alpha value is -3.12. The lowest BCUT2D eigenvalue weighted by Crippen LogP contribution is -2.12. The number of nitrogens with zero attached hydrogens (tertiary/aromatic N) is 2. The number of nitrogen functional groups attached to an aromatic ring is 1. The largest absolute Gasteiger partial charge is 0.496 e. The number of nitriles is 1. The standard InChI is InChI=1S/C17H17N3O5S/c1-4-26-13-5-10(16(21)22)12(24-2)6-11(13)20-8-9(7-18)14(19)15(20)17(23)25-3/h5-6,8H,4,19H2,1-3H3,(H,21,22). The van der Waals surface area contributed by atoms with Gasteiger partial charge in [0.25, 0.3) is 0 Å². The van der Waals surface area contributed by atoms with E-state index in [1.807, 2.05) is 13.0 Å². The van der Waals surface area contributed by atoms with Crippen LogP contribution in [-0.4, -0.2) is 41.6 Å². The van der Waals surface area contributed by atoms with Gasteiger partial charge in [-0.15, -0.1) is 11.8 Å². The van der Waals surface area contributed by atoms with Gasteiger partial charge in [0.05, 0.1) is 31.2 Å². The molecule has 0 saturated carbocycles. The fourth-order valence-corrected chi connectivity index (χ4v) is 3.27. The highest BCUT2D eigenvalue weighted by molar-refractivity contribution is 7.99. The summed E-state index contributed by atoms with van der Waals surface area (Å²) < 4.78 is 11.4. The van der Waals surface area contributed by atoms with Crippen LogP contribution in [0.2, 0.25) is 0 Å². The van der Waals surface area contributed by atoms with Crippen molar-refractivity contribution in [1.82, 2.24) is 4.57 Å². The van der Waals surface area contributed by atoms with E-state index >= 15 is 0 Å². The maximum absolute atomic E-state index is 12.2. The Kier molecular flexibility index (Phi) is 5.79. The average molecular weight is 375 g/mol. The van der Waals surface area contributed by atoms with Crippen LogP contribution in [0.5, 0.6) is 5.75 Å². The minimum absolute atomic E-state index is 0.00641. The summed E-state index contributed by atoms with van der Waals surface area (Å²) in [4.78, 5) is 24.3. The second-order valence-electron chi connectivity index (χ2n) is 5.04. The Morgan fingerprint density at radius 3 is 2.58 bits per heavy atom. The highest BCUT2D eigenvalue weighted by Crippen LogP contribution is 2.35. The number of aromatic nitrogens is 1. The zero-order chi connectivity index (χ0) is 19.4. The number of nitrogens with two attached hydrogens (primary N) is 1. The molecular weight excluding hydrogens is 358 g/mol. The maximum atomic E-state index is 12.2. The molecule has 0 aliphatic rings. The van der Waals surface area contributed by atoms with E-state index < -0.39 is 11.9 Å². The van der Waals surface area contributed by atoms with E-state index in [9.17, 15) is 20.0 Å². The van der Waals surface area contributed by atoms with Crippen LogP contribution in [0.4, 0.5) is 5.69 Å². The van der Waals surface area contributed by atoms with E-state index in [0.29, 0.717) is 16.3 Å². The van der Waals surface area contributed by atoms with E-state index in [0.717, 1.165) is 0 Å². The van der Waals surface area contributed by atoms with Crippen molar-refractivity contribution in [1.29, 1.82) is 5.26 Å². The molecule has 0 unspecified atom stereocenters. The Labute approximate surface area is 154 Å². The summed E-state index contributed by atoms with van der Waals surface area (Å²) in [5.41, 5.74) is 6.48. The first-order valence-corrected chi connectivity index (χ1v) is 8.45. The minimum Gasteiger partial charge on any atom is -0.496 e. The number of rotatable bonds is 6. The van der Waals surface area contributed by atoms with Gasteiger partial charge in [-0.3, -0.25) is 0 Å². The van der Waals surface area contributed by atoms with Crippen LogP contribution < -0.4 is 10.5 Å². The van der Waals surface area contributed by atoms with Crippen LogP contribution >= 0.6 is 11.8 Å². The number of aromatic carboxylic acids is 1. The quantitative estimate of drug-likeness (QED) is 0.582. The second kappa shape index (κ2) is 7.84. The Balaban J connectivity index is 2.85. The number of benzene rings is 1. The molecule has 9 heteroatoms. The molecule has 1 heterocycles. The van der Waals surface area contributed by atoms with Gasteiger partial charge in [0.1, 0.15) is 17.4 Å². The summed E-state index contributed by atoms with van der Waals surface area (Å²) in [5, 5.41) is 18.6. The fraction of sp³-hybridized carbons (Fsp3) is 0.235. The van der Waals surface area contributed by atoms with E-state index in [4.69, 9.17) is 15.2 Å². The van der Waals surface area contributed by atoms with Gasteiger partial charge in [0.15, 0.2) is 5.69 Å². The first kappa shape index (κ1) is 19.2. The van der Waals surface area contributed by atoms with Crippen molar-refractivity contribution < 1.29 is 24.2 Å². The molecular formula is C17H17N3O5S. The van der Waals surface area contributed by atoms with E-state index in [-0.39, 0.29) is 28.3 Å². The summed E-state index contributed by atoms with van der Waals surface area (Å²) in [6.07, 6.45) is 1.41. The zero-order valence-corrected chi connectivity index (χ0v) is 15.2. The van der Waals surface area contributed by atoms with Crippen LogP contribution in [-0.2, 0) is 4.74 Å². The van der Waals surface area contributed by atoms with E-state index in [1.165, 1.54) is 48.9 Å². The number of esters is 1. The number of carboxylic acids is 1. The van der Waals surface area contributed by atoms with Gasteiger partial charge in [0.2, 0.25) is 0 Å². The molecule has 0 fully saturated rings. The summed E-state index contributed by atoms with van der Waals surface area (Å²) in [6.45, 7) is 1.91. The number of thioether (sulfide) groups is 1. The Bertz CT molecular complexity index is 914. The number of anilines is 1. The lowest BCUT2D eigenvalue weighted by Gasteiger charge is -2.16. The normalized spacial score (nSPS) is 10.2. The van der Waals surface area contributed by atoms with Crippen LogP contribution in [0.1, 0.15) is 33.3 Å². The van der Waals surface area contributed by atoms with E-state index in [1.54, 1.807) is 0 Å². The predicted octanol–water partition coefficient (Wildman–Crippen LogP) is 2.54. The highest BCUT2D eigenvalue weighted by atomic mass is 32.2. The SMILES string of the molecule is CCSc1cc(C(=O)O)c(OC)cc1-n1cc(C#N)c(N)c1C(=O)OC. The number of carbonyl (C=O) groups excluding carboxylic acids is 1. The summed E-state index contributed by atoms with van der Waals surface area (Å²) in [7, 11) is 2.56. The number of ether oxygens (including phenoxy) is 2. The van der Waals surface area contributed by atoms with E-state index in [2.05, 4.69) is 0 Å². The van der Waals surface area contributed by atoms with Gasteiger partial charge in [-0.05, 0) is 11.8 Å². The van der Waals surface area contributed by atoms with Crippen molar-refractivity contribution >= 4 is 29.4 Å². The van der Waals surface area contributed by atoms with Crippen LogP contribution in [0.25, 0.3) is 5.69 Å². The molecule has 26 heavy (non-hydrogen) atoms. The first-order valence-electron chi connectivity index (χ1n) is 7.47. The molecule has 0 radical (unpaired) electrons. The molecule has 1 aromatic heterocycles. The monoisotopic (exact) mass is 375 g/mol. The zero-order valence-electron chi connectivity index (χ0n) is 14.4. The van der Waals surface area contributed by atoms with Crippen molar-refractivity contribution in [3.63, 3.8) is 0 Å². The summed E-state index contributed by atoms with van der Waals surface area (Å²) in [5.74, 6) is -1.06. The van der Waals surface area contributed by atoms with Gasteiger partial charge in [0, 0.05) is 17.2 Å². The molecule has 0 aliphatic carbocycles. The van der Waals surface area contributed by atoms with Crippen molar-refractivity contribution in [2.75, 3.05) is 25.7 Å². The average Bonchev–Trinajstić information content (AvgIpc) is 2.97. The highest BCUT2D eigenvalue weighted by Gasteiger charge is 2.25. The van der Waals surface area contributed by atoms with Gasteiger partial charge < -0.3 is 24.9 Å². The molecule has 1 aromatic carbocycles. The van der Waals surface area contributed by atoms with Crippen molar-refractivity contribution in [2.24, 2.45) is 0 Å². The Morgan fingerprint density at radius 2 is 2.08 bits per heavy atom. The molecule has 8 nitrogen and oxygen atoms in total. The minimum atomic E-state index is -1.13. The molecule has 0 atom stereocenters. The lowest BCUT2D eigenvalue weighted by atomic mass is 10.1. The molecule has 136 valence electrons. The van der Waals surface area contributed by atoms with Gasteiger partial charge in [-0.2, -0.15) is 5.26 Å². The van der Waals surface area contributed by atoms with Gasteiger partial charge in [-0.25, -0.2) is 9.59 Å². The van der Waals surface area contributed by atoms with Gasteiger partial charge in [-0.1, -0.05) is 6.92 Å². The Morgan fingerprint density at radius 1 is 1.38 bits per heavy atom. The molecule has 0 saturated heterocycles. The summed E-state index contributed by atoms with van der Waals surface area (Å²) in [6, 6.07) is 4.89. The molecule has 0 amide bonds. The van der Waals surface area contributed by atoms with Crippen LogP contribution in [0.15, 0.2) is 23.2 Å². The number of hydrogen-bond donors (Lipinski definition) is 2. The third-order valence-electron chi connectivity index (χ3n) is 3.61. The predicted molar refractivity (Wildman–Crippen MR) is 96.1 cm³/mol. The van der Waals surface area contributed by atoms with Crippen molar-refractivity contribution in [3.8, 4) is 17.5 Å². The molecule has 3 N–H and O–H groups in total. The lowest BCUT2D eigenvalue weighted by molar-refractivity contribution is 0.0591. The number of methoxy groups -OCH3 is 2. The molecule has 0 aliphatic heterocycles. The van der Waals surface area contributed by atoms with Crippen molar-refractivity contribution in [3.05, 3.63) is 35.2 Å². The number of hydrogen-bond acceptors (Lipinski definition) is 7. The third-order valence-corrected chi connectivity index (χ3v) is 4.54. The van der Waals surface area contributed by atoms with Crippen LogP contribution in [0.3, 0.4) is 0 Å². The fourth-order valence-electron chi connectivity index (χ4n) is 2.45. The molecule has 0 spiro atoms. The maximum Gasteiger partial charge on any atom is 0.357 e. The second-order valence-corrected chi connectivity index (χ2v) is 6.34. The topological polar surface area (TPSA) is 128 Å². The summed E-state index contributed by atoms with van der Waals surface area (Å²) >= 11 is 1.38. The van der Waals surface area contributed by atoms with Crippen LogP contribution in [0, 0.1) is 11.3 Å². The smallest absolute Gasteiger partial charge is 0.357 e. The van der Waals surface area contributed by atoms with Crippen molar-refractivity contribution in [2.45, 2.75) is 11.8 Å².